The summed E-state index contributed by atoms with van der Waals surface area (Å²) in [6.45, 7) is 3.87. The van der Waals surface area contributed by atoms with Crippen LogP contribution in [0.2, 0.25) is 0 Å². The number of hydrogen-bond acceptors (Lipinski definition) is 28. The van der Waals surface area contributed by atoms with Crippen LogP contribution in [0.4, 0.5) is 0 Å². The number of carboxylic acids is 1. The Morgan fingerprint density at radius 1 is 0.468 bits per heavy atom. The third-order valence-corrected chi connectivity index (χ3v) is 21.5. The van der Waals surface area contributed by atoms with Gasteiger partial charge >= 0.3 is 5.97 Å². The fourth-order valence-corrected chi connectivity index (χ4v) is 14.0. The van der Waals surface area contributed by atoms with E-state index in [4.69, 9.17) is 22.9 Å². The summed E-state index contributed by atoms with van der Waals surface area (Å²) in [5.74, 6) is -17.5. The molecule has 17 atom stereocenters. The zero-order valence-electron chi connectivity index (χ0n) is 70.7. The van der Waals surface area contributed by atoms with Crippen molar-refractivity contribution in [3.63, 3.8) is 0 Å². The topological polar surface area (TPSA) is 699 Å². The highest BCUT2D eigenvalue weighted by Crippen LogP contribution is 2.23. The van der Waals surface area contributed by atoms with Gasteiger partial charge in [0, 0.05) is 49.3 Å². The van der Waals surface area contributed by atoms with Gasteiger partial charge in [-0.25, -0.2) is 9.78 Å². The van der Waals surface area contributed by atoms with Gasteiger partial charge in [-0.15, -0.1) is 0 Å². The van der Waals surface area contributed by atoms with Crippen LogP contribution in [-0.4, -0.2) is 320 Å². The van der Waals surface area contributed by atoms with Gasteiger partial charge in [-0.1, -0.05) is 64.4 Å². The summed E-state index contributed by atoms with van der Waals surface area (Å²) >= 11 is 8.31. The highest BCUT2D eigenvalue weighted by molar-refractivity contribution is 7.80. The molecule has 4 rings (SSSR count). The molecule has 1 aromatic carbocycles. The summed E-state index contributed by atoms with van der Waals surface area (Å²) in [5, 5.41) is 85.7. The van der Waals surface area contributed by atoms with Gasteiger partial charge in [0.15, 0.2) is 0 Å². The first-order chi connectivity index (χ1) is 59.1. The van der Waals surface area contributed by atoms with E-state index in [0.29, 0.717) is 56.2 Å². The number of likely N-dealkylation sites (tertiary alicyclic amines) is 2. The van der Waals surface area contributed by atoms with Crippen LogP contribution in [-0.2, 0) is 94.3 Å². The Labute approximate surface area is 730 Å². The number of amides is 16. The van der Waals surface area contributed by atoms with E-state index < -0.39 is 242 Å². The van der Waals surface area contributed by atoms with Gasteiger partial charge < -0.3 is 138 Å². The average Bonchev–Trinajstić information content (AvgIpc) is 1.65. The summed E-state index contributed by atoms with van der Waals surface area (Å²) in [6.07, 6.45) is 5.55. The molecule has 0 saturated carbocycles. The van der Waals surface area contributed by atoms with Gasteiger partial charge in [-0.05, 0) is 134 Å². The van der Waals surface area contributed by atoms with Gasteiger partial charge in [0.05, 0.1) is 45.3 Å². The summed E-state index contributed by atoms with van der Waals surface area (Å²) < 4.78 is 0. The number of nitrogens with one attached hydrogen (secondary N) is 15. The quantitative estimate of drug-likeness (QED) is 0.0216. The molecule has 0 bridgehead atoms. The predicted molar refractivity (Wildman–Crippen MR) is 455 cm³/mol. The monoisotopic (exact) mass is 1790 g/mol. The molecule has 0 aliphatic carbocycles. The molecule has 46 heteroatoms. The molecular formula is C78H128N22O22S2. The van der Waals surface area contributed by atoms with E-state index in [1.165, 1.54) is 24.3 Å². The minimum absolute atomic E-state index is 0.0134. The first kappa shape index (κ1) is 106. The van der Waals surface area contributed by atoms with Gasteiger partial charge in [0.2, 0.25) is 94.5 Å². The Bertz CT molecular complexity index is 3840. The number of benzene rings is 1. The SMILES string of the molecule is CC[C@H](C)[C@H](NC(=O)[C@H](CC(C)C)NC(=O)CNC(=O)[C@H](CS)NC(=O)[C@H](Cc1cnc[nH]1)NC(=O)[C@H](CCCCN)NC(=O)[C@H](CO)NC(=O)[C@@H]1CCCN1C(=O)[C@H](CO)NC(=O)[C@H](CO)NC(=O)[C@H](CO)NC(=O)[C@H](CS)NC(=O)[C@H](C)N)C(=O)N[C@@H](CCCCN)C(=O)N[C@@H](CCCCN)C(=O)N1CCC[C@H]1C(=O)N[C@@H](Cc1ccccc1)C(=O)O. The standard InChI is InChI=1S/C78H128N22O22S2/c1-6-43(4)62(75(118)88-48(21-11-14-26-80)65(108)89-49(22-12-15-27-81)76(119)99-28-16-23-59(99)73(116)91-52(78(121)122)31-45-18-8-7-9-19-45)98-68(111)50(30-42(2)3)86-61(105)34-84-64(107)57(39-123)97-67(110)51(32-46-33-83-41-85-46)90-66(109)47(20-10-13-25-79)87-69(112)55(37-103)94-74(117)60-24-17-29-100(60)77(120)56(38-104)95-71(114)54(36-102)92-70(113)53(35-101)93-72(115)58(40-124)96-63(106)44(5)82/h7-9,18-19,33,41-44,47-60,62,101-104,123-124H,6,10-17,20-32,34-40,79-82H2,1-5H3,(H,83,85)(H,84,107)(H,86,105)(H,87,112)(H,88,118)(H,89,108)(H,90,109)(H,91,116)(H,92,113)(H,93,115)(H,94,117)(H,95,114)(H,96,106)(H,97,110)(H,98,111)(H,121,122)/t43-,44-,47-,48-,49-,50-,51-,52-,53-,54-,55-,56-,57-,58-,59-,60-,62-/m0/s1. The molecular weight excluding hydrogens is 1660 g/mol. The Balaban J connectivity index is 1.44. The maximum absolute atomic E-state index is 14.6. The number of carbonyl (C=O) groups excluding carboxylic acids is 16. The molecule has 1 aromatic heterocycles. The molecule has 694 valence electrons. The number of aromatic nitrogens is 2. The van der Waals surface area contributed by atoms with E-state index in [9.17, 15) is 107 Å². The van der Waals surface area contributed by atoms with Crippen LogP contribution < -0.4 is 97.4 Å². The van der Waals surface area contributed by atoms with Gasteiger partial charge in [0.1, 0.15) is 90.6 Å². The normalized spacial score (nSPS) is 17.4. The number of nitrogens with zero attached hydrogens (tertiary/aromatic N) is 3. The summed E-state index contributed by atoms with van der Waals surface area (Å²) in [5.41, 5.74) is 24.0. The number of aliphatic hydroxyl groups is 4. The second kappa shape index (κ2) is 55.9. The Morgan fingerprint density at radius 3 is 1.33 bits per heavy atom. The van der Waals surface area contributed by atoms with Crippen LogP contribution in [0.3, 0.4) is 0 Å². The first-order valence-electron chi connectivity index (χ1n) is 41.7. The van der Waals surface area contributed by atoms with Crippen molar-refractivity contribution in [2.45, 2.75) is 240 Å². The number of H-pyrrole nitrogens is 1. The van der Waals surface area contributed by atoms with Crippen LogP contribution in [0.1, 0.15) is 142 Å². The van der Waals surface area contributed by atoms with Crippen LogP contribution in [0.5, 0.6) is 0 Å². The van der Waals surface area contributed by atoms with Crippen molar-refractivity contribution in [3.8, 4) is 0 Å². The number of aliphatic hydroxyl groups excluding tert-OH is 4. The maximum Gasteiger partial charge on any atom is 0.326 e. The number of nitrogens with two attached hydrogens (primary N) is 4. The number of aliphatic carboxylic acids is 1. The molecule has 124 heavy (non-hydrogen) atoms. The van der Waals surface area contributed by atoms with Crippen molar-refractivity contribution in [2.75, 3.05) is 77.2 Å². The fraction of sp³-hybridized carbons (Fsp3) is 0.667. The van der Waals surface area contributed by atoms with Gasteiger partial charge in [0.25, 0.3) is 0 Å². The van der Waals surface area contributed by atoms with Crippen molar-refractivity contribution in [3.05, 3.63) is 54.1 Å². The lowest BCUT2D eigenvalue weighted by Crippen LogP contribution is -2.62. The number of unbranched alkanes of at least 4 members (excludes halogenated alkanes) is 3. The molecule has 16 amide bonds. The number of carboxylic acid groups (broad SMARTS) is 1. The zero-order valence-corrected chi connectivity index (χ0v) is 72.5. The molecule has 2 saturated heterocycles. The average molecular weight is 1790 g/mol. The molecule has 2 aliphatic rings. The van der Waals surface area contributed by atoms with E-state index in [1.54, 1.807) is 58.0 Å². The fourth-order valence-electron chi connectivity index (χ4n) is 13.5. The van der Waals surface area contributed by atoms with E-state index >= 15 is 0 Å². The lowest BCUT2D eigenvalue weighted by molar-refractivity contribution is -0.145. The second-order valence-corrected chi connectivity index (χ2v) is 31.7. The van der Waals surface area contributed by atoms with Crippen LogP contribution in [0, 0.1) is 11.8 Å². The van der Waals surface area contributed by atoms with Crippen molar-refractivity contribution in [1.82, 2.24) is 94.2 Å². The largest absolute Gasteiger partial charge is 0.480 e. The predicted octanol–water partition coefficient (Wildman–Crippen LogP) is -8.66. The van der Waals surface area contributed by atoms with Crippen molar-refractivity contribution < 1.29 is 107 Å². The van der Waals surface area contributed by atoms with E-state index in [-0.39, 0.29) is 109 Å². The van der Waals surface area contributed by atoms with Gasteiger partial charge in [-0.2, -0.15) is 25.3 Å². The minimum atomic E-state index is -1.86. The highest BCUT2D eigenvalue weighted by atomic mass is 32.1. The number of rotatable bonds is 57. The lowest BCUT2D eigenvalue weighted by Gasteiger charge is -2.31. The summed E-state index contributed by atoms with van der Waals surface area (Å²) in [6, 6.07) is -14.4. The molecule has 28 N–H and O–H groups in total. The molecule has 44 nitrogen and oxygen atoms in total. The molecule has 0 radical (unpaired) electrons. The van der Waals surface area contributed by atoms with Crippen molar-refractivity contribution >= 4 is 126 Å². The molecule has 2 aliphatic heterocycles. The van der Waals surface area contributed by atoms with Gasteiger partial charge in [-0.3, -0.25) is 76.7 Å². The smallest absolute Gasteiger partial charge is 0.326 e. The Morgan fingerprint density at radius 2 is 0.871 bits per heavy atom. The molecule has 0 spiro atoms. The summed E-state index contributed by atoms with van der Waals surface area (Å²) in [7, 11) is 0. The number of carbonyl (C=O) groups is 17. The third kappa shape index (κ3) is 34.7. The molecule has 0 unspecified atom stereocenters. The number of hydrogen-bond donors (Lipinski definition) is 26. The minimum Gasteiger partial charge on any atom is -0.480 e. The third-order valence-electron chi connectivity index (χ3n) is 20.8. The Kier molecular flexibility index (Phi) is 47.9. The highest BCUT2D eigenvalue weighted by Gasteiger charge is 2.44. The molecule has 2 fully saturated rings. The van der Waals surface area contributed by atoms with E-state index in [0.717, 1.165) is 4.90 Å². The summed E-state index contributed by atoms with van der Waals surface area (Å²) in [4.78, 5) is 244. The van der Waals surface area contributed by atoms with E-state index in [1.807, 2.05) is 0 Å². The second-order valence-electron chi connectivity index (χ2n) is 30.9. The number of aromatic amines is 1. The maximum atomic E-state index is 14.6. The number of thiol groups is 2. The van der Waals surface area contributed by atoms with Crippen molar-refractivity contribution in [1.29, 1.82) is 0 Å². The van der Waals surface area contributed by atoms with Crippen LogP contribution in [0.25, 0.3) is 0 Å². The van der Waals surface area contributed by atoms with Crippen molar-refractivity contribution in [2.24, 2.45) is 34.8 Å². The van der Waals surface area contributed by atoms with Crippen LogP contribution >= 0.6 is 25.3 Å². The lowest BCUT2D eigenvalue weighted by atomic mass is 9.96. The Hall–Kier alpha value is -10.2. The van der Waals surface area contributed by atoms with E-state index in [2.05, 4.69) is 110 Å². The molecule has 3 heterocycles. The number of imidazole rings is 1. The molecule has 2 aromatic rings. The van der Waals surface area contributed by atoms with Crippen LogP contribution in [0.15, 0.2) is 42.9 Å². The first-order valence-corrected chi connectivity index (χ1v) is 42.9. The zero-order chi connectivity index (χ0) is 92.3.